The van der Waals surface area contributed by atoms with E-state index in [0.29, 0.717) is 0 Å². The van der Waals surface area contributed by atoms with E-state index in [1.54, 1.807) is 0 Å². The minimum Gasteiger partial charge on any atom is -0.395 e. The highest BCUT2D eigenvalue weighted by Gasteiger charge is 2.12. The van der Waals surface area contributed by atoms with Gasteiger partial charge in [-0.3, -0.25) is 0 Å². The molecule has 0 aliphatic heterocycles. The van der Waals surface area contributed by atoms with Crippen LogP contribution in [0.5, 0.6) is 0 Å². The van der Waals surface area contributed by atoms with Gasteiger partial charge in [0.15, 0.2) is 0 Å². The van der Waals surface area contributed by atoms with Crippen LogP contribution in [-0.2, 0) is 0 Å². The van der Waals surface area contributed by atoms with Crippen molar-refractivity contribution in [2.75, 3.05) is 6.61 Å². The van der Waals surface area contributed by atoms with Crippen LogP contribution in [0, 0.1) is 0 Å². The SMILES string of the molecule is CCC[C@H](O)[C@H](I)CO. The Hall–Kier alpha value is 0.650. The van der Waals surface area contributed by atoms with Crippen molar-refractivity contribution in [3.63, 3.8) is 0 Å². The maximum absolute atomic E-state index is 9.15. The minimum absolute atomic E-state index is 0.00236. The van der Waals surface area contributed by atoms with Crippen LogP contribution in [-0.4, -0.2) is 26.8 Å². The molecular weight excluding hydrogens is 231 g/mol. The molecule has 0 aromatic carbocycles. The predicted octanol–water partition coefficient (Wildman–Crippen LogP) is 0.943. The number of aliphatic hydroxyl groups is 2. The van der Waals surface area contributed by atoms with Gasteiger partial charge in [-0.2, -0.15) is 0 Å². The Balaban J connectivity index is 3.32. The summed E-state index contributed by atoms with van der Waals surface area (Å²) in [6, 6.07) is 0. The summed E-state index contributed by atoms with van der Waals surface area (Å²) < 4.78 is 0.00236. The number of rotatable bonds is 4. The van der Waals surface area contributed by atoms with Gasteiger partial charge in [-0.25, -0.2) is 0 Å². The largest absolute Gasteiger partial charge is 0.395 e. The fourth-order valence-corrected chi connectivity index (χ4v) is 0.958. The van der Waals surface area contributed by atoms with Crippen molar-refractivity contribution < 1.29 is 10.2 Å². The van der Waals surface area contributed by atoms with Crippen LogP contribution in [0.3, 0.4) is 0 Å². The molecule has 0 amide bonds. The third-order valence-electron chi connectivity index (χ3n) is 1.18. The highest BCUT2D eigenvalue weighted by atomic mass is 127. The van der Waals surface area contributed by atoms with Gasteiger partial charge in [0.25, 0.3) is 0 Å². The van der Waals surface area contributed by atoms with E-state index in [4.69, 9.17) is 10.2 Å². The smallest absolute Gasteiger partial charge is 0.0679 e. The predicted molar refractivity (Wildman–Crippen MR) is 45.8 cm³/mol. The van der Waals surface area contributed by atoms with Gasteiger partial charge < -0.3 is 10.2 Å². The molecule has 0 spiro atoms. The Bertz CT molecular complexity index is 68.1. The van der Waals surface area contributed by atoms with E-state index in [1.807, 2.05) is 6.92 Å². The Morgan fingerprint density at radius 2 is 2.11 bits per heavy atom. The Labute approximate surface area is 69.4 Å². The third kappa shape index (κ3) is 4.11. The van der Waals surface area contributed by atoms with E-state index >= 15 is 0 Å². The summed E-state index contributed by atoms with van der Waals surface area (Å²) in [5, 5.41) is 17.7. The molecule has 0 bridgehead atoms. The van der Waals surface area contributed by atoms with E-state index in [9.17, 15) is 0 Å². The lowest BCUT2D eigenvalue weighted by atomic mass is 10.1. The lowest BCUT2D eigenvalue weighted by Gasteiger charge is -2.12. The Morgan fingerprint density at radius 3 is 2.44 bits per heavy atom. The monoisotopic (exact) mass is 244 g/mol. The fourth-order valence-electron chi connectivity index (χ4n) is 0.598. The van der Waals surface area contributed by atoms with Crippen LogP contribution in [0.25, 0.3) is 0 Å². The summed E-state index contributed by atoms with van der Waals surface area (Å²) in [6.07, 6.45) is 1.43. The molecule has 0 radical (unpaired) electrons. The van der Waals surface area contributed by atoms with E-state index < -0.39 is 0 Å². The second-order valence-corrected chi connectivity index (χ2v) is 3.65. The van der Waals surface area contributed by atoms with Crippen LogP contribution in [0.4, 0.5) is 0 Å². The molecule has 0 aromatic rings. The number of halogens is 1. The highest BCUT2D eigenvalue weighted by molar-refractivity contribution is 14.1. The van der Waals surface area contributed by atoms with Gasteiger partial charge in [0, 0.05) is 0 Å². The van der Waals surface area contributed by atoms with E-state index in [0.717, 1.165) is 12.8 Å². The van der Waals surface area contributed by atoms with Crippen molar-refractivity contribution in [3.8, 4) is 0 Å². The lowest BCUT2D eigenvalue weighted by Crippen LogP contribution is -2.22. The van der Waals surface area contributed by atoms with Gasteiger partial charge in [0.1, 0.15) is 0 Å². The van der Waals surface area contributed by atoms with Crippen LogP contribution < -0.4 is 0 Å². The molecule has 56 valence electrons. The quantitative estimate of drug-likeness (QED) is 0.570. The first-order valence-corrected chi connectivity index (χ1v) is 4.40. The number of alkyl halides is 1. The molecule has 0 unspecified atom stereocenters. The minimum atomic E-state index is -0.333. The zero-order chi connectivity index (χ0) is 7.28. The molecule has 0 aromatic heterocycles. The van der Waals surface area contributed by atoms with E-state index in [-0.39, 0.29) is 16.6 Å². The summed E-state index contributed by atoms with van der Waals surface area (Å²) in [5.41, 5.74) is 0. The van der Waals surface area contributed by atoms with Gasteiger partial charge in [0.2, 0.25) is 0 Å². The second-order valence-electron chi connectivity index (χ2n) is 2.05. The van der Waals surface area contributed by atoms with Gasteiger partial charge >= 0.3 is 0 Å². The summed E-state index contributed by atoms with van der Waals surface area (Å²) in [4.78, 5) is 0. The van der Waals surface area contributed by atoms with Gasteiger partial charge in [0.05, 0.1) is 16.6 Å². The van der Waals surface area contributed by atoms with Crippen molar-refractivity contribution in [3.05, 3.63) is 0 Å². The molecule has 9 heavy (non-hydrogen) atoms. The van der Waals surface area contributed by atoms with Gasteiger partial charge in [-0.05, 0) is 6.42 Å². The average Bonchev–Trinajstić information content (AvgIpc) is 1.87. The normalized spacial score (nSPS) is 17.3. The maximum atomic E-state index is 9.15. The van der Waals surface area contributed by atoms with Crippen molar-refractivity contribution >= 4 is 22.6 Å². The molecular formula is C6H13IO2. The first kappa shape index (κ1) is 9.65. The zero-order valence-electron chi connectivity index (χ0n) is 5.55. The molecule has 3 heteroatoms. The molecule has 0 saturated heterocycles. The van der Waals surface area contributed by atoms with E-state index in [2.05, 4.69) is 22.6 Å². The number of hydrogen-bond donors (Lipinski definition) is 2. The highest BCUT2D eigenvalue weighted by Crippen LogP contribution is 2.09. The number of hydrogen-bond acceptors (Lipinski definition) is 2. The number of aliphatic hydroxyl groups excluding tert-OH is 2. The summed E-state index contributed by atoms with van der Waals surface area (Å²) >= 11 is 2.05. The standard InChI is InChI=1S/C6H13IO2/c1-2-3-6(9)5(7)4-8/h5-6,8-9H,2-4H2,1H3/t5-,6+/m1/s1. The summed E-state index contributed by atoms with van der Waals surface area (Å²) in [7, 11) is 0. The molecule has 0 saturated carbocycles. The van der Waals surface area contributed by atoms with Crippen molar-refractivity contribution in [2.24, 2.45) is 0 Å². The summed E-state index contributed by atoms with van der Waals surface area (Å²) in [5.74, 6) is 0. The average molecular weight is 244 g/mol. The van der Waals surface area contributed by atoms with Crippen LogP contribution in [0.2, 0.25) is 0 Å². The van der Waals surface area contributed by atoms with Crippen LogP contribution >= 0.6 is 22.6 Å². The van der Waals surface area contributed by atoms with Crippen LogP contribution in [0.15, 0.2) is 0 Å². The summed E-state index contributed by atoms with van der Waals surface area (Å²) in [6.45, 7) is 2.09. The van der Waals surface area contributed by atoms with Gasteiger partial charge in [-0.15, -0.1) is 0 Å². The Morgan fingerprint density at radius 1 is 1.56 bits per heavy atom. The molecule has 2 atom stereocenters. The molecule has 0 rings (SSSR count). The first-order valence-electron chi connectivity index (χ1n) is 3.15. The van der Waals surface area contributed by atoms with E-state index in [1.165, 1.54) is 0 Å². The van der Waals surface area contributed by atoms with Crippen molar-refractivity contribution in [1.29, 1.82) is 0 Å². The first-order chi connectivity index (χ1) is 4.22. The van der Waals surface area contributed by atoms with Crippen molar-refractivity contribution in [2.45, 2.75) is 29.8 Å². The second kappa shape index (κ2) is 5.44. The zero-order valence-corrected chi connectivity index (χ0v) is 7.71. The molecule has 0 aliphatic carbocycles. The molecule has 0 aliphatic rings. The molecule has 2 nitrogen and oxygen atoms in total. The fraction of sp³-hybridized carbons (Fsp3) is 1.00. The van der Waals surface area contributed by atoms with Crippen LogP contribution in [0.1, 0.15) is 19.8 Å². The maximum Gasteiger partial charge on any atom is 0.0679 e. The molecule has 0 fully saturated rings. The Kier molecular flexibility index (Phi) is 5.83. The topological polar surface area (TPSA) is 40.5 Å². The van der Waals surface area contributed by atoms with Gasteiger partial charge in [-0.1, -0.05) is 35.9 Å². The lowest BCUT2D eigenvalue weighted by molar-refractivity contribution is 0.137. The molecule has 2 N–H and O–H groups in total. The van der Waals surface area contributed by atoms with Crippen molar-refractivity contribution in [1.82, 2.24) is 0 Å². The third-order valence-corrected chi connectivity index (χ3v) is 2.40. The molecule has 0 heterocycles.